The van der Waals surface area contributed by atoms with E-state index in [-0.39, 0.29) is 17.9 Å². The number of aliphatic hydroxyl groups excluding tert-OH is 1. The van der Waals surface area contributed by atoms with E-state index in [0.717, 1.165) is 0 Å². The number of hydrogen-bond acceptors (Lipinski definition) is 7. The van der Waals surface area contributed by atoms with Crippen LogP contribution < -0.4 is 5.73 Å². The van der Waals surface area contributed by atoms with Crippen LogP contribution in [0.15, 0.2) is 6.20 Å². The Labute approximate surface area is 121 Å². The maximum absolute atomic E-state index is 10.5. The van der Waals surface area contributed by atoms with Gasteiger partial charge in [0, 0.05) is 11.8 Å². The van der Waals surface area contributed by atoms with Crippen molar-refractivity contribution < 1.29 is 24.9 Å². The van der Waals surface area contributed by atoms with Gasteiger partial charge in [-0.1, -0.05) is 0 Å². The Balaban J connectivity index is 0.000000396. The van der Waals surface area contributed by atoms with Crippen molar-refractivity contribution in [3.05, 3.63) is 23.0 Å². The zero-order valence-electron chi connectivity index (χ0n) is 11.0. The van der Waals surface area contributed by atoms with E-state index in [1.807, 2.05) is 0 Å². The lowest BCUT2D eigenvalue weighted by molar-refractivity contribution is -0.138. The number of carboxylic acids is 1. The molecule has 0 aliphatic heterocycles. The average Bonchev–Trinajstić information content (AvgIpc) is 2.42. The van der Waals surface area contributed by atoms with Crippen LogP contribution in [0.4, 0.5) is 0 Å². The third-order valence-electron chi connectivity index (χ3n) is 2.40. The molecule has 1 atom stereocenters. The molecule has 8 heteroatoms. The number of aliphatic hydroxyl groups is 1. The van der Waals surface area contributed by atoms with E-state index in [1.54, 1.807) is 6.92 Å². The third-order valence-corrected chi connectivity index (χ3v) is 2.66. The van der Waals surface area contributed by atoms with Gasteiger partial charge in [-0.2, -0.15) is 12.6 Å². The lowest BCUT2D eigenvalue weighted by atomic mass is 10.1. The van der Waals surface area contributed by atoms with E-state index in [2.05, 4.69) is 17.6 Å². The molecule has 0 aromatic carbocycles. The lowest BCUT2D eigenvalue weighted by Crippen LogP contribution is -2.30. The second-order valence-corrected chi connectivity index (χ2v) is 4.31. The van der Waals surface area contributed by atoms with Crippen LogP contribution in [-0.2, 0) is 11.4 Å². The van der Waals surface area contributed by atoms with Gasteiger partial charge in [-0.3, -0.25) is 14.6 Å². The van der Waals surface area contributed by atoms with Crippen molar-refractivity contribution in [2.24, 2.45) is 5.73 Å². The Hall–Kier alpha value is -1.64. The highest BCUT2D eigenvalue weighted by atomic mass is 32.1. The van der Waals surface area contributed by atoms with E-state index in [1.165, 1.54) is 6.20 Å². The first-order valence-electron chi connectivity index (χ1n) is 5.71. The summed E-state index contributed by atoms with van der Waals surface area (Å²) in [7, 11) is 0. The zero-order valence-corrected chi connectivity index (χ0v) is 11.9. The Bertz CT molecular complexity index is 467. The molecule has 0 fully saturated rings. The van der Waals surface area contributed by atoms with Gasteiger partial charge in [-0.15, -0.1) is 0 Å². The summed E-state index contributed by atoms with van der Waals surface area (Å²) in [6, 6.07) is -0.743. The van der Waals surface area contributed by atoms with Crippen LogP contribution in [0.25, 0.3) is 0 Å². The van der Waals surface area contributed by atoms with E-state index in [0.29, 0.717) is 29.7 Å². The van der Waals surface area contributed by atoms with Gasteiger partial charge in [0.2, 0.25) is 0 Å². The number of carbonyl (C=O) groups is 2. The van der Waals surface area contributed by atoms with Crippen molar-refractivity contribution in [3.8, 4) is 5.75 Å². The molecule has 0 radical (unpaired) electrons. The summed E-state index contributed by atoms with van der Waals surface area (Å²) < 4.78 is 0. The van der Waals surface area contributed by atoms with E-state index >= 15 is 0 Å². The Kier molecular flexibility index (Phi) is 8.53. The molecular formula is C12H18N2O5S. The summed E-state index contributed by atoms with van der Waals surface area (Å²) in [6.45, 7) is 1.29. The van der Waals surface area contributed by atoms with Crippen LogP contribution in [-0.4, -0.2) is 44.4 Å². The summed E-state index contributed by atoms with van der Waals surface area (Å²) in [5, 5.41) is 26.2. The van der Waals surface area contributed by atoms with Crippen LogP contribution in [0, 0.1) is 6.92 Å². The van der Waals surface area contributed by atoms with Gasteiger partial charge in [0.25, 0.3) is 0 Å². The molecule has 0 aliphatic rings. The molecule has 0 spiro atoms. The van der Waals surface area contributed by atoms with Crippen LogP contribution in [0.3, 0.4) is 0 Å². The summed E-state index contributed by atoms with van der Waals surface area (Å²) in [5.41, 5.74) is 5.92. The van der Waals surface area contributed by atoms with Gasteiger partial charge in [0.05, 0.1) is 17.9 Å². The predicted molar refractivity (Wildman–Crippen MR) is 76.0 cm³/mol. The minimum absolute atomic E-state index is 0.116. The Morgan fingerprint density at radius 1 is 1.60 bits per heavy atom. The molecule has 5 N–H and O–H groups in total. The van der Waals surface area contributed by atoms with Crippen molar-refractivity contribution in [2.75, 3.05) is 5.75 Å². The van der Waals surface area contributed by atoms with Crippen LogP contribution in [0.2, 0.25) is 0 Å². The standard InChI is InChI=1S/C8H9NO3.C4H9NO2S/c1-5-8(12)7(4-11)6(3-10)2-9-5;5-3(1-2-8)4(6)7/h2,4,10,12H,3H2,1H3;3,8H,1-2,5H2,(H,6,7). The average molecular weight is 302 g/mol. The molecule has 1 rings (SSSR count). The molecule has 0 saturated heterocycles. The number of aryl methyl sites for hydroxylation is 1. The monoisotopic (exact) mass is 302 g/mol. The van der Waals surface area contributed by atoms with Crippen LogP contribution in [0.1, 0.15) is 28.0 Å². The molecule has 1 heterocycles. The number of thiol groups is 1. The Morgan fingerprint density at radius 2 is 2.20 bits per heavy atom. The number of aromatic hydroxyl groups is 1. The fourth-order valence-electron chi connectivity index (χ4n) is 1.17. The molecule has 20 heavy (non-hydrogen) atoms. The van der Waals surface area contributed by atoms with Gasteiger partial charge in [-0.25, -0.2) is 0 Å². The minimum atomic E-state index is -0.959. The normalized spacial score (nSPS) is 11.2. The van der Waals surface area contributed by atoms with Gasteiger partial charge in [-0.05, 0) is 19.1 Å². The first kappa shape index (κ1) is 18.4. The van der Waals surface area contributed by atoms with Crippen molar-refractivity contribution in [3.63, 3.8) is 0 Å². The van der Waals surface area contributed by atoms with E-state index in [9.17, 15) is 14.7 Å². The molecule has 0 saturated carbocycles. The zero-order chi connectivity index (χ0) is 15.7. The number of hydrogen-bond donors (Lipinski definition) is 5. The van der Waals surface area contributed by atoms with Crippen molar-refractivity contribution >= 4 is 24.9 Å². The maximum Gasteiger partial charge on any atom is 0.320 e. The van der Waals surface area contributed by atoms with Crippen LogP contribution in [0.5, 0.6) is 5.75 Å². The molecule has 0 amide bonds. The molecule has 1 aromatic rings. The van der Waals surface area contributed by atoms with Crippen molar-refractivity contribution in [1.82, 2.24) is 4.98 Å². The fourth-order valence-corrected chi connectivity index (χ4v) is 1.45. The highest BCUT2D eigenvalue weighted by Crippen LogP contribution is 2.21. The SMILES string of the molecule is Cc1ncc(CO)c(C=O)c1O.NC(CCS)C(=O)O. The summed E-state index contributed by atoms with van der Waals surface area (Å²) in [4.78, 5) is 24.2. The van der Waals surface area contributed by atoms with Crippen molar-refractivity contribution in [1.29, 1.82) is 0 Å². The van der Waals surface area contributed by atoms with Crippen LogP contribution >= 0.6 is 12.6 Å². The smallest absolute Gasteiger partial charge is 0.320 e. The van der Waals surface area contributed by atoms with Crippen molar-refractivity contribution in [2.45, 2.75) is 26.0 Å². The number of nitrogens with two attached hydrogens (primary N) is 1. The molecule has 1 unspecified atom stereocenters. The number of pyridine rings is 1. The van der Waals surface area contributed by atoms with Gasteiger partial charge in [0.15, 0.2) is 6.29 Å². The molecule has 1 aromatic heterocycles. The molecule has 0 bridgehead atoms. The Morgan fingerprint density at radius 3 is 2.55 bits per heavy atom. The highest BCUT2D eigenvalue weighted by Gasteiger charge is 2.09. The number of rotatable bonds is 5. The lowest BCUT2D eigenvalue weighted by Gasteiger charge is -2.04. The topological polar surface area (TPSA) is 134 Å². The predicted octanol–water partition coefficient (Wildman–Crippen LogP) is 0.119. The summed E-state index contributed by atoms with van der Waals surface area (Å²) in [6.07, 6.45) is 2.31. The number of aliphatic carboxylic acids is 1. The molecular weight excluding hydrogens is 284 g/mol. The number of aromatic nitrogens is 1. The first-order chi connectivity index (χ1) is 9.38. The number of nitrogens with zero attached hydrogens (tertiary/aromatic N) is 1. The third kappa shape index (κ3) is 5.55. The highest BCUT2D eigenvalue weighted by molar-refractivity contribution is 7.80. The maximum atomic E-state index is 10.5. The van der Waals surface area contributed by atoms with Gasteiger partial charge in [0.1, 0.15) is 11.8 Å². The molecule has 7 nitrogen and oxygen atoms in total. The summed E-state index contributed by atoms with van der Waals surface area (Å²) in [5.74, 6) is -0.594. The minimum Gasteiger partial charge on any atom is -0.505 e. The second kappa shape index (κ2) is 9.29. The number of carboxylic acid groups (broad SMARTS) is 1. The largest absolute Gasteiger partial charge is 0.505 e. The molecule has 112 valence electrons. The summed E-state index contributed by atoms with van der Waals surface area (Å²) >= 11 is 3.81. The quantitative estimate of drug-likeness (QED) is 0.385. The molecule has 0 aliphatic carbocycles. The van der Waals surface area contributed by atoms with E-state index in [4.69, 9.17) is 15.9 Å². The van der Waals surface area contributed by atoms with Gasteiger partial charge >= 0.3 is 5.97 Å². The fraction of sp³-hybridized carbons (Fsp3) is 0.417. The first-order valence-corrected chi connectivity index (χ1v) is 6.34. The van der Waals surface area contributed by atoms with Gasteiger partial charge < -0.3 is 21.1 Å². The number of carbonyl (C=O) groups excluding carboxylic acids is 1. The number of aldehydes is 1. The van der Waals surface area contributed by atoms with E-state index < -0.39 is 12.0 Å². The second-order valence-electron chi connectivity index (χ2n) is 3.86.